The minimum absolute atomic E-state index is 0.480. The highest BCUT2D eigenvalue weighted by Gasteiger charge is 1.89. The molecule has 0 N–H and O–H groups in total. The van der Waals surface area contributed by atoms with Crippen molar-refractivity contribution in [3.63, 3.8) is 0 Å². The summed E-state index contributed by atoms with van der Waals surface area (Å²) in [6.07, 6.45) is 9.30. The highest BCUT2D eigenvalue weighted by molar-refractivity contribution is 6.16. The van der Waals surface area contributed by atoms with Crippen molar-refractivity contribution in [2.24, 2.45) is 0 Å². The van der Waals surface area contributed by atoms with E-state index in [2.05, 4.69) is 6.92 Å². The second kappa shape index (κ2) is 10.0. The van der Waals surface area contributed by atoms with E-state index in [9.17, 15) is 4.46 Å². The lowest BCUT2D eigenvalue weighted by Gasteiger charge is -1.97. The van der Waals surface area contributed by atoms with E-state index in [4.69, 9.17) is 0 Å². The Hall–Kier alpha value is 0.0169. The summed E-state index contributed by atoms with van der Waals surface area (Å²) in [7, 11) is -0.480. The second-order valence-corrected chi connectivity index (χ2v) is 3.99. The van der Waals surface area contributed by atoms with Gasteiger partial charge in [-0.15, -0.1) is 0 Å². The van der Waals surface area contributed by atoms with E-state index in [1.165, 1.54) is 44.9 Å². The monoisotopic (exact) mass is 172 g/mol. The van der Waals surface area contributed by atoms with Gasteiger partial charge >= 0.3 is 0 Å². The first-order valence-electron chi connectivity index (χ1n) is 4.85. The zero-order valence-corrected chi connectivity index (χ0v) is 8.80. The van der Waals surface area contributed by atoms with Gasteiger partial charge < -0.3 is 4.46 Å². The molecule has 0 rings (SSSR count). The lowest BCUT2D eigenvalue weighted by Crippen LogP contribution is -1.80. The van der Waals surface area contributed by atoms with Crippen molar-refractivity contribution in [1.29, 1.82) is 0 Å². The maximum atomic E-state index is 10.1. The molecule has 0 spiro atoms. The van der Waals surface area contributed by atoms with Crippen LogP contribution in [0.2, 0.25) is 6.04 Å². The molecule has 11 heavy (non-hydrogen) atoms. The molecule has 0 aliphatic rings. The predicted molar refractivity (Wildman–Crippen MR) is 50.6 cm³/mol. The van der Waals surface area contributed by atoms with Crippen molar-refractivity contribution in [2.45, 2.75) is 57.9 Å². The molecule has 66 valence electrons. The van der Waals surface area contributed by atoms with Gasteiger partial charge in [0.25, 0.3) is 9.41 Å². The Labute approximate surface area is 72.5 Å². The van der Waals surface area contributed by atoms with Crippen LogP contribution in [0.15, 0.2) is 0 Å². The highest BCUT2D eigenvalue weighted by atomic mass is 28.2. The van der Waals surface area contributed by atoms with E-state index in [1.54, 1.807) is 0 Å². The Kier molecular flexibility index (Phi) is 10.0. The van der Waals surface area contributed by atoms with Gasteiger partial charge in [-0.05, 0) is 6.04 Å². The van der Waals surface area contributed by atoms with Gasteiger partial charge in [-0.25, -0.2) is 0 Å². The van der Waals surface area contributed by atoms with Crippen LogP contribution in [0, 0.1) is 0 Å². The molecule has 0 saturated carbocycles. The Balaban J connectivity index is 2.74. The SMILES string of the molecule is CCCCCCCCC[SiH]=O. The number of rotatable bonds is 8. The predicted octanol–water partition coefficient (Wildman–Crippen LogP) is 2.94. The van der Waals surface area contributed by atoms with Crippen LogP contribution in [0.5, 0.6) is 0 Å². The van der Waals surface area contributed by atoms with E-state index < -0.39 is 9.41 Å². The molecule has 0 bridgehead atoms. The maximum absolute atomic E-state index is 10.1. The van der Waals surface area contributed by atoms with Crippen LogP contribution in [0.25, 0.3) is 0 Å². The Morgan fingerprint density at radius 2 is 1.45 bits per heavy atom. The van der Waals surface area contributed by atoms with Crippen LogP contribution in [0.4, 0.5) is 0 Å². The van der Waals surface area contributed by atoms with Crippen molar-refractivity contribution in [3.8, 4) is 0 Å². The summed E-state index contributed by atoms with van der Waals surface area (Å²) in [5.74, 6) is 0. The third kappa shape index (κ3) is 10.0. The first-order valence-corrected chi connectivity index (χ1v) is 6.14. The number of unbranched alkanes of at least 4 members (excludes halogenated alkanes) is 6. The average Bonchev–Trinajstić information content (AvgIpc) is 2.03. The van der Waals surface area contributed by atoms with Crippen LogP contribution in [-0.2, 0) is 4.46 Å². The van der Waals surface area contributed by atoms with E-state index in [1.807, 2.05) is 0 Å². The van der Waals surface area contributed by atoms with Gasteiger partial charge in [-0.1, -0.05) is 51.9 Å². The summed E-state index contributed by atoms with van der Waals surface area (Å²) in [6, 6.07) is 0.966. The zero-order valence-electron chi connectivity index (χ0n) is 7.64. The van der Waals surface area contributed by atoms with E-state index in [0.717, 1.165) is 6.04 Å². The first kappa shape index (κ1) is 11.0. The largest absolute Gasteiger partial charge is 0.392 e. The van der Waals surface area contributed by atoms with Gasteiger partial charge in [-0.2, -0.15) is 0 Å². The van der Waals surface area contributed by atoms with Crippen LogP contribution in [0.1, 0.15) is 51.9 Å². The topological polar surface area (TPSA) is 17.1 Å². The molecule has 0 fully saturated rings. The first-order chi connectivity index (χ1) is 5.41. The fourth-order valence-corrected chi connectivity index (χ4v) is 1.64. The molecular weight excluding hydrogens is 152 g/mol. The minimum atomic E-state index is -0.480. The molecule has 0 aromatic heterocycles. The van der Waals surface area contributed by atoms with Gasteiger partial charge in [0, 0.05) is 0 Å². The molecule has 2 heteroatoms. The summed E-state index contributed by atoms with van der Waals surface area (Å²) >= 11 is 0. The van der Waals surface area contributed by atoms with Crippen molar-refractivity contribution < 1.29 is 4.46 Å². The van der Waals surface area contributed by atoms with Gasteiger partial charge in [0.2, 0.25) is 0 Å². The standard InChI is InChI=1S/C9H20OSi/c1-2-3-4-5-6-7-8-9-11-10/h11H,2-9H2,1H3. The molecule has 0 aliphatic heterocycles. The van der Waals surface area contributed by atoms with Gasteiger partial charge in [0.1, 0.15) is 0 Å². The molecular formula is C9H20OSi. The van der Waals surface area contributed by atoms with Crippen LogP contribution < -0.4 is 0 Å². The third-order valence-corrected chi connectivity index (χ3v) is 2.57. The minimum Gasteiger partial charge on any atom is -0.392 e. The molecule has 1 nitrogen and oxygen atoms in total. The molecule has 0 aromatic carbocycles. The molecule has 0 amide bonds. The van der Waals surface area contributed by atoms with E-state index in [-0.39, 0.29) is 0 Å². The fraction of sp³-hybridized carbons (Fsp3) is 1.00. The lowest BCUT2D eigenvalue weighted by molar-refractivity contribution is 0.566. The Morgan fingerprint density at radius 1 is 0.909 bits per heavy atom. The Morgan fingerprint density at radius 3 is 2.00 bits per heavy atom. The molecule has 0 heterocycles. The summed E-state index contributed by atoms with van der Waals surface area (Å²) in [5.41, 5.74) is 0. The van der Waals surface area contributed by atoms with Gasteiger partial charge in [0.05, 0.1) is 0 Å². The highest BCUT2D eigenvalue weighted by Crippen LogP contribution is 2.07. The van der Waals surface area contributed by atoms with Crippen molar-refractivity contribution in [2.75, 3.05) is 0 Å². The normalized spacial score (nSPS) is 9.91. The van der Waals surface area contributed by atoms with Crippen LogP contribution in [-0.4, -0.2) is 9.41 Å². The summed E-state index contributed by atoms with van der Waals surface area (Å²) in [4.78, 5) is 0. The zero-order chi connectivity index (χ0) is 8.36. The molecule has 0 aromatic rings. The summed E-state index contributed by atoms with van der Waals surface area (Å²) < 4.78 is 10.1. The smallest absolute Gasteiger partial charge is 0.261 e. The van der Waals surface area contributed by atoms with Crippen molar-refractivity contribution in [1.82, 2.24) is 0 Å². The van der Waals surface area contributed by atoms with Crippen LogP contribution in [0.3, 0.4) is 0 Å². The van der Waals surface area contributed by atoms with E-state index in [0.29, 0.717) is 0 Å². The molecule has 0 unspecified atom stereocenters. The second-order valence-electron chi connectivity index (χ2n) is 3.08. The van der Waals surface area contributed by atoms with Crippen molar-refractivity contribution >= 4 is 9.41 Å². The Bertz CT molecular complexity index is 83.6. The van der Waals surface area contributed by atoms with Crippen LogP contribution >= 0.6 is 0 Å². The van der Waals surface area contributed by atoms with Crippen molar-refractivity contribution in [3.05, 3.63) is 0 Å². The molecule has 0 atom stereocenters. The average molecular weight is 172 g/mol. The lowest BCUT2D eigenvalue weighted by atomic mass is 10.1. The summed E-state index contributed by atoms with van der Waals surface area (Å²) in [6.45, 7) is 2.24. The number of hydrogen-bond acceptors (Lipinski definition) is 1. The number of hydrogen-bond donors (Lipinski definition) is 0. The van der Waals surface area contributed by atoms with Gasteiger partial charge in [-0.3, -0.25) is 0 Å². The molecule has 0 radical (unpaired) electrons. The molecule has 0 aliphatic carbocycles. The van der Waals surface area contributed by atoms with Gasteiger partial charge in [0.15, 0.2) is 0 Å². The third-order valence-electron chi connectivity index (χ3n) is 1.93. The summed E-state index contributed by atoms with van der Waals surface area (Å²) in [5, 5.41) is 0. The fourth-order valence-electron chi connectivity index (χ4n) is 1.18. The molecule has 0 saturated heterocycles. The van der Waals surface area contributed by atoms with E-state index >= 15 is 0 Å². The quantitative estimate of drug-likeness (QED) is 0.406. The maximum Gasteiger partial charge on any atom is 0.261 e.